The Labute approximate surface area is 148 Å². The van der Waals surface area contributed by atoms with Crippen molar-refractivity contribution in [2.45, 2.75) is 65.4 Å². The SMILES string of the molecule is C=C1C(=O)O[C@@H](C[C@@H](C)[C@H]2CCC3/C(=C/Br)CCC[C@@]32C)[C@H]1C. The summed E-state index contributed by atoms with van der Waals surface area (Å²) in [5, 5.41) is 0. The van der Waals surface area contributed by atoms with Crippen molar-refractivity contribution in [3.63, 3.8) is 0 Å². The first-order valence-electron chi connectivity index (χ1n) is 9.07. The average molecular weight is 381 g/mol. The third-order valence-corrected chi connectivity index (χ3v) is 7.69. The molecule has 2 aliphatic carbocycles. The maximum absolute atomic E-state index is 11.7. The van der Waals surface area contributed by atoms with Crippen LogP contribution in [0, 0.1) is 29.1 Å². The van der Waals surface area contributed by atoms with Crippen LogP contribution in [0.25, 0.3) is 0 Å². The second-order valence-corrected chi connectivity index (χ2v) is 8.71. The van der Waals surface area contributed by atoms with Crippen molar-refractivity contribution in [1.82, 2.24) is 0 Å². The van der Waals surface area contributed by atoms with Gasteiger partial charge in [0.05, 0.1) is 0 Å². The van der Waals surface area contributed by atoms with E-state index < -0.39 is 0 Å². The van der Waals surface area contributed by atoms with Crippen LogP contribution in [0.5, 0.6) is 0 Å². The van der Waals surface area contributed by atoms with E-state index in [1.807, 2.05) is 0 Å². The molecule has 0 radical (unpaired) electrons. The number of rotatable bonds is 3. The van der Waals surface area contributed by atoms with E-state index in [9.17, 15) is 4.79 Å². The van der Waals surface area contributed by atoms with Gasteiger partial charge in [0.15, 0.2) is 0 Å². The Hall–Kier alpha value is -0.570. The lowest BCUT2D eigenvalue weighted by Gasteiger charge is -2.44. The minimum Gasteiger partial charge on any atom is -0.458 e. The third kappa shape index (κ3) is 2.83. The van der Waals surface area contributed by atoms with Crippen LogP contribution in [0.4, 0.5) is 0 Å². The molecule has 0 bridgehead atoms. The molecule has 0 aromatic rings. The largest absolute Gasteiger partial charge is 0.458 e. The first kappa shape index (κ1) is 17.3. The number of carbonyl (C=O) groups is 1. The topological polar surface area (TPSA) is 26.3 Å². The van der Waals surface area contributed by atoms with Gasteiger partial charge in [0.2, 0.25) is 0 Å². The summed E-state index contributed by atoms with van der Waals surface area (Å²) in [4.78, 5) is 13.9. The zero-order valence-electron chi connectivity index (χ0n) is 14.6. The van der Waals surface area contributed by atoms with Gasteiger partial charge in [0.25, 0.3) is 0 Å². The van der Waals surface area contributed by atoms with Gasteiger partial charge in [-0.2, -0.15) is 0 Å². The fourth-order valence-electron chi connectivity index (χ4n) is 5.65. The summed E-state index contributed by atoms with van der Waals surface area (Å²) in [5.41, 5.74) is 2.68. The summed E-state index contributed by atoms with van der Waals surface area (Å²) in [5.74, 6) is 2.04. The van der Waals surface area contributed by atoms with E-state index in [1.54, 1.807) is 5.57 Å². The van der Waals surface area contributed by atoms with Crippen LogP contribution >= 0.6 is 15.9 Å². The van der Waals surface area contributed by atoms with E-state index in [0.717, 1.165) is 18.3 Å². The molecule has 1 saturated heterocycles. The second kappa shape index (κ2) is 6.38. The van der Waals surface area contributed by atoms with E-state index in [-0.39, 0.29) is 18.0 Å². The molecule has 2 saturated carbocycles. The van der Waals surface area contributed by atoms with Gasteiger partial charge < -0.3 is 4.74 Å². The fraction of sp³-hybridized carbons (Fsp3) is 0.750. The highest BCUT2D eigenvalue weighted by atomic mass is 79.9. The van der Waals surface area contributed by atoms with E-state index in [2.05, 4.69) is 48.3 Å². The Morgan fingerprint density at radius 1 is 1.48 bits per heavy atom. The summed E-state index contributed by atoms with van der Waals surface area (Å²) in [7, 11) is 0. The smallest absolute Gasteiger partial charge is 0.334 e. The monoisotopic (exact) mass is 380 g/mol. The van der Waals surface area contributed by atoms with Crippen LogP contribution in [0.2, 0.25) is 0 Å². The Kier molecular flexibility index (Phi) is 4.79. The summed E-state index contributed by atoms with van der Waals surface area (Å²) in [6.45, 7) is 10.8. The van der Waals surface area contributed by atoms with Crippen LogP contribution in [0.15, 0.2) is 22.7 Å². The maximum Gasteiger partial charge on any atom is 0.334 e. The lowest BCUT2D eigenvalue weighted by atomic mass is 9.61. The number of allylic oxidation sites excluding steroid dienone is 1. The lowest BCUT2D eigenvalue weighted by Crippen LogP contribution is -2.37. The van der Waals surface area contributed by atoms with E-state index in [0.29, 0.717) is 16.9 Å². The van der Waals surface area contributed by atoms with Gasteiger partial charge in [-0.3, -0.25) is 0 Å². The molecule has 23 heavy (non-hydrogen) atoms. The Bertz CT molecular complexity index is 538. The second-order valence-electron chi connectivity index (χ2n) is 8.25. The van der Waals surface area contributed by atoms with Crippen molar-refractivity contribution in [1.29, 1.82) is 0 Å². The molecule has 1 aliphatic heterocycles. The Balaban J connectivity index is 1.72. The van der Waals surface area contributed by atoms with Crippen LogP contribution in [0.1, 0.15) is 59.3 Å². The highest BCUT2D eigenvalue weighted by Gasteiger charge is 2.51. The predicted octanol–water partition coefficient (Wildman–Crippen LogP) is 5.63. The van der Waals surface area contributed by atoms with Crippen LogP contribution in [0.3, 0.4) is 0 Å². The standard InChI is InChI=1S/C20H29BrO2/c1-12(10-18-13(2)14(3)19(22)23-18)16-7-8-17-15(11-21)6-5-9-20(16,17)4/h11-13,16-18H,3,5-10H2,1-2,4H3/b15-11+/t12-,13+,16-,17?,18+,20-/m1/s1. The van der Waals surface area contributed by atoms with Crippen LogP contribution in [-0.4, -0.2) is 12.1 Å². The molecule has 1 heterocycles. The predicted molar refractivity (Wildman–Crippen MR) is 97.1 cm³/mol. The summed E-state index contributed by atoms with van der Waals surface area (Å²) in [6, 6.07) is 0. The molecule has 6 atom stereocenters. The molecule has 0 N–H and O–H groups in total. The van der Waals surface area contributed by atoms with Crippen molar-refractivity contribution in [3.8, 4) is 0 Å². The first-order chi connectivity index (χ1) is 10.9. The Morgan fingerprint density at radius 3 is 2.83 bits per heavy atom. The van der Waals surface area contributed by atoms with Crippen LogP contribution in [-0.2, 0) is 9.53 Å². The quantitative estimate of drug-likeness (QED) is 0.468. The number of hydrogen-bond donors (Lipinski definition) is 0. The lowest BCUT2D eigenvalue weighted by molar-refractivity contribution is -0.140. The number of ether oxygens (including phenoxy) is 1. The van der Waals surface area contributed by atoms with E-state index in [1.165, 1.54) is 32.1 Å². The molecular formula is C20H29BrO2. The normalized spacial score (nSPS) is 43.6. The molecule has 0 aromatic heterocycles. The molecule has 3 rings (SSSR count). The van der Waals surface area contributed by atoms with Crippen molar-refractivity contribution in [2.75, 3.05) is 0 Å². The molecule has 3 heteroatoms. The number of hydrogen-bond acceptors (Lipinski definition) is 2. The van der Waals surface area contributed by atoms with E-state index >= 15 is 0 Å². The number of cyclic esters (lactones) is 1. The number of carbonyl (C=O) groups excluding carboxylic acids is 1. The minimum atomic E-state index is -0.188. The van der Waals surface area contributed by atoms with Crippen molar-refractivity contribution >= 4 is 21.9 Å². The highest BCUT2D eigenvalue weighted by Crippen LogP contribution is 2.60. The summed E-state index contributed by atoms with van der Waals surface area (Å²) < 4.78 is 5.57. The highest BCUT2D eigenvalue weighted by molar-refractivity contribution is 9.11. The van der Waals surface area contributed by atoms with Crippen molar-refractivity contribution in [3.05, 3.63) is 22.7 Å². The van der Waals surface area contributed by atoms with Gasteiger partial charge in [-0.1, -0.05) is 48.9 Å². The summed E-state index contributed by atoms with van der Waals surface area (Å²) >= 11 is 3.59. The molecule has 2 nitrogen and oxygen atoms in total. The average Bonchev–Trinajstić information content (AvgIpc) is 2.99. The Morgan fingerprint density at radius 2 is 2.22 bits per heavy atom. The van der Waals surface area contributed by atoms with Crippen LogP contribution < -0.4 is 0 Å². The van der Waals surface area contributed by atoms with Crippen molar-refractivity contribution in [2.24, 2.45) is 29.1 Å². The summed E-state index contributed by atoms with van der Waals surface area (Å²) in [6.07, 6.45) is 7.53. The number of fused-ring (bicyclic) bond motifs is 1. The minimum absolute atomic E-state index is 0.0300. The molecule has 0 spiro atoms. The zero-order chi connectivity index (χ0) is 16.8. The molecule has 0 aromatic carbocycles. The molecular weight excluding hydrogens is 352 g/mol. The number of halogens is 1. The van der Waals surface area contributed by atoms with Gasteiger partial charge >= 0.3 is 5.97 Å². The van der Waals surface area contributed by atoms with Gasteiger partial charge in [-0.25, -0.2) is 4.79 Å². The van der Waals surface area contributed by atoms with Crippen molar-refractivity contribution < 1.29 is 9.53 Å². The van der Waals surface area contributed by atoms with Gasteiger partial charge in [-0.05, 0) is 66.7 Å². The van der Waals surface area contributed by atoms with E-state index in [4.69, 9.17) is 4.74 Å². The molecule has 128 valence electrons. The van der Waals surface area contributed by atoms with Gasteiger partial charge in [0, 0.05) is 11.5 Å². The molecule has 3 fully saturated rings. The number of esters is 1. The van der Waals surface area contributed by atoms with Gasteiger partial charge in [0.1, 0.15) is 6.10 Å². The maximum atomic E-state index is 11.7. The molecule has 0 amide bonds. The zero-order valence-corrected chi connectivity index (χ0v) is 16.2. The molecule has 1 unspecified atom stereocenters. The van der Waals surface area contributed by atoms with Gasteiger partial charge in [-0.15, -0.1) is 0 Å². The molecule has 3 aliphatic rings. The first-order valence-corrected chi connectivity index (χ1v) is 9.99. The third-order valence-electron chi connectivity index (χ3n) is 7.10. The fourth-order valence-corrected chi connectivity index (χ4v) is 6.20.